The SMILES string of the molecule is CCC(=O)N1CCC(Cc2ncc(C)n2CC2CC2)C1. The highest BCUT2D eigenvalue weighted by Crippen LogP contribution is 2.32. The van der Waals surface area contributed by atoms with E-state index in [0.717, 1.165) is 38.4 Å². The van der Waals surface area contributed by atoms with Gasteiger partial charge in [-0.2, -0.15) is 0 Å². The monoisotopic (exact) mass is 275 g/mol. The Bertz CT molecular complexity index is 490. The zero-order valence-electron chi connectivity index (χ0n) is 12.6. The fraction of sp³-hybridized carbons (Fsp3) is 0.750. The molecule has 3 rings (SSSR count). The van der Waals surface area contributed by atoms with Crippen LogP contribution < -0.4 is 0 Å². The van der Waals surface area contributed by atoms with Gasteiger partial charge in [-0.3, -0.25) is 4.79 Å². The summed E-state index contributed by atoms with van der Waals surface area (Å²) in [6, 6.07) is 0. The molecule has 4 nitrogen and oxygen atoms in total. The van der Waals surface area contributed by atoms with E-state index in [1.54, 1.807) is 0 Å². The van der Waals surface area contributed by atoms with Crippen molar-refractivity contribution in [2.24, 2.45) is 11.8 Å². The van der Waals surface area contributed by atoms with Gasteiger partial charge in [-0.15, -0.1) is 0 Å². The van der Waals surface area contributed by atoms with Crippen LogP contribution in [-0.4, -0.2) is 33.4 Å². The first-order valence-corrected chi connectivity index (χ1v) is 7.96. The van der Waals surface area contributed by atoms with Crippen LogP contribution in [0.2, 0.25) is 0 Å². The molecule has 1 saturated heterocycles. The van der Waals surface area contributed by atoms with Gasteiger partial charge in [0.2, 0.25) is 5.91 Å². The largest absolute Gasteiger partial charge is 0.342 e. The van der Waals surface area contributed by atoms with Crippen molar-refractivity contribution in [1.29, 1.82) is 0 Å². The molecule has 1 aromatic heterocycles. The van der Waals surface area contributed by atoms with Gasteiger partial charge < -0.3 is 9.47 Å². The summed E-state index contributed by atoms with van der Waals surface area (Å²) in [4.78, 5) is 18.4. The summed E-state index contributed by atoms with van der Waals surface area (Å²) in [6.07, 6.45) is 7.53. The molecule has 110 valence electrons. The van der Waals surface area contributed by atoms with Crippen LogP contribution in [0.15, 0.2) is 6.20 Å². The molecule has 0 aromatic carbocycles. The molecule has 0 radical (unpaired) electrons. The van der Waals surface area contributed by atoms with E-state index in [2.05, 4.69) is 16.5 Å². The molecule has 2 fully saturated rings. The zero-order valence-corrected chi connectivity index (χ0v) is 12.6. The lowest BCUT2D eigenvalue weighted by molar-refractivity contribution is -0.129. The van der Waals surface area contributed by atoms with E-state index in [0.29, 0.717) is 18.2 Å². The van der Waals surface area contributed by atoms with Crippen LogP contribution >= 0.6 is 0 Å². The molecule has 1 unspecified atom stereocenters. The van der Waals surface area contributed by atoms with E-state index in [1.807, 2.05) is 18.0 Å². The number of nitrogens with zero attached hydrogens (tertiary/aromatic N) is 3. The fourth-order valence-corrected chi connectivity index (χ4v) is 3.19. The summed E-state index contributed by atoms with van der Waals surface area (Å²) in [7, 11) is 0. The second-order valence-electron chi connectivity index (χ2n) is 6.42. The molecule has 1 aliphatic heterocycles. The quantitative estimate of drug-likeness (QED) is 0.827. The highest BCUT2D eigenvalue weighted by molar-refractivity contribution is 5.76. The molecule has 1 aromatic rings. The summed E-state index contributed by atoms with van der Waals surface area (Å²) in [5.74, 6) is 2.99. The Morgan fingerprint density at radius 2 is 2.15 bits per heavy atom. The molecule has 1 amide bonds. The van der Waals surface area contributed by atoms with Gasteiger partial charge in [-0.25, -0.2) is 4.98 Å². The van der Waals surface area contributed by atoms with Crippen LogP contribution in [0.4, 0.5) is 0 Å². The minimum Gasteiger partial charge on any atom is -0.342 e. The van der Waals surface area contributed by atoms with E-state index < -0.39 is 0 Å². The molecule has 4 heteroatoms. The highest BCUT2D eigenvalue weighted by Gasteiger charge is 2.28. The van der Waals surface area contributed by atoms with E-state index in [1.165, 1.54) is 24.4 Å². The summed E-state index contributed by atoms with van der Waals surface area (Å²) < 4.78 is 2.40. The smallest absolute Gasteiger partial charge is 0.222 e. The number of carbonyl (C=O) groups is 1. The molecular weight excluding hydrogens is 250 g/mol. The topological polar surface area (TPSA) is 38.1 Å². The molecule has 0 bridgehead atoms. The van der Waals surface area contributed by atoms with Gasteiger partial charge in [0.1, 0.15) is 5.82 Å². The van der Waals surface area contributed by atoms with Crippen LogP contribution in [0.1, 0.15) is 44.1 Å². The maximum Gasteiger partial charge on any atom is 0.222 e. The number of likely N-dealkylation sites (tertiary alicyclic amines) is 1. The van der Waals surface area contributed by atoms with Crippen molar-refractivity contribution in [3.63, 3.8) is 0 Å². The normalized spacial score (nSPS) is 22.5. The van der Waals surface area contributed by atoms with Gasteiger partial charge in [0.25, 0.3) is 0 Å². The maximum absolute atomic E-state index is 11.7. The number of hydrogen-bond donors (Lipinski definition) is 0. The first kappa shape index (κ1) is 13.7. The Kier molecular flexibility index (Phi) is 3.81. The minimum atomic E-state index is 0.296. The Balaban J connectivity index is 1.62. The summed E-state index contributed by atoms with van der Waals surface area (Å²) >= 11 is 0. The molecule has 20 heavy (non-hydrogen) atoms. The van der Waals surface area contributed by atoms with Gasteiger partial charge in [0.05, 0.1) is 0 Å². The standard InChI is InChI=1S/C16H25N3O/c1-3-16(20)18-7-6-14(10-18)8-15-17-9-12(2)19(15)11-13-4-5-13/h9,13-14H,3-8,10-11H2,1-2H3. The van der Waals surface area contributed by atoms with E-state index >= 15 is 0 Å². The number of aromatic nitrogens is 2. The molecule has 0 spiro atoms. The molecular formula is C16H25N3O. The first-order valence-electron chi connectivity index (χ1n) is 7.96. The van der Waals surface area contributed by atoms with Crippen LogP contribution in [0.3, 0.4) is 0 Å². The van der Waals surface area contributed by atoms with Crippen LogP contribution in [0, 0.1) is 18.8 Å². The Morgan fingerprint density at radius 1 is 1.35 bits per heavy atom. The van der Waals surface area contributed by atoms with Crippen molar-refractivity contribution in [3.8, 4) is 0 Å². The molecule has 0 N–H and O–H groups in total. The van der Waals surface area contributed by atoms with Crippen molar-refractivity contribution in [3.05, 3.63) is 17.7 Å². The molecule has 1 aliphatic carbocycles. The fourth-order valence-electron chi connectivity index (χ4n) is 3.19. The third-order valence-electron chi connectivity index (χ3n) is 4.69. The number of imidazole rings is 1. The third-order valence-corrected chi connectivity index (χ3v) is 4.69. The predicted molar refractivity (Wildman–Crippen MR) is 78.4 cm³/mol. The summed E-state index contributed by atoms with van der Waals surface area (Å²) in [6.45, 7) is 7.09. The van der Waals surface area contributed by atoms with E-state index in [-0.39, 0.29) is 0 Å². The Hall–Kier alpha value is -1.32. The van der Waals surface area contributed by atoms with Crippen LogP contribution in [-0.2, 0) is 17.8 Å². The molecule has 2 aliphatic rings. The number of rotatable bonds is 5. The van der Waals surface area contributed by atoms with Gasteiger partial charge in [0.15, 0.2) is 0 Å². The van der Waals surface area contributed by atoms with Crippen molar-refractivity contribution in [2.75, 3.05) is 13.1 Å². The van der Waals surface area contributed by atoms with E-state index in [4.69, 9.17) is 0 Å². The Labute approximate surface area is 121 Å². The van der Waals surface area contributed by atoms with Crippen molar-refractivity contribution < 1.29 is 4.79 Å². The molecule has 1 atom stereocenters. The van der Waals surface area contributed by atoms with Gasteiger partial charge >= 0.3 is 0 Å². The van der Waals surface area contributed by atoms with Gasteiger partial charge in [-0.1, -0.05) is 6.92 Å². The lowest BCUT2D eigenvalue weighted by atomic mass is 10.0. The third kappa shape index (κ3) is 2.89. The lowest BCUT2D eigenvalue weighted by Crippen LogP contribution is -2.28. The van der Waals surface area contributed by atoms with Crippen LogP contribution in [0.25, 0.3) is 0 Å². The molecule has 2 heterocycles. The number of aryl methyl sites for hydroxylation is 1. The van der Waals surface area contributed by atoms with E-state index in [9.17, 15) is 4.79 Å². The molecule has 1 saturated carbocycles. The maximum atomic E-state index is 11.7. The average Bonchev–Trinajstić information content (AvgIpc) is 3.05. The summed E-state index contributed by atoms with van der Waals surface area (Å²) in [5.41, 5.74) is 1.28. The van der Waals surface area contributed by atoms with Crippen molar-refractivity contribution in [2.45, 2.75) is 52.5 Å². The number of hydrogen-bond acceptors (Lipinski definition) is 2. The zero-order chi connectivity index (χ0) is 14.1. The van der Waals surface area contributed by atoms with Gasteiger partial charge in [-0.05, 0) is 38.0 Å². The first-order chi connectivity index (χ1) is 9.67. The number of amides is 1. The lowest BCUT2D eigenvalue weighted by Gasteiger charge is -2.16. The second-order valence-corrected chi connectivity index (χ2v) is 6.42. The number of carbonyl (C=O) groups excluding carboxylic acids is 1. The van der Waals surface area contributed by atoms with Crippen molar-refractivity contribution in [1.82, 2.24) is 14.5 Å². The second kappa shape index (κ2) is 5.58. The van der Waals surface area contributed by atoms with Gasteiger partial charge in [0, 0.05) is 44.4 Å². The summed E-state index contributed by atoms with van der Waals surface area (Å²) in [5, 5.41) is 0. The van der Waals surface area contributed by atoms with Crippen molar-refractivity contribution >= 4 is 5.91 Å². The minimum absolute atomic E-state index is 0.296. The van der Waals surface area contributed by atoms with Crippen LogP contribution in [0.5, 0.6) is 0 Å². The average molecular weight is 275 g/mol. The predicted octanol–water partition coefficient (Wildman–Crippen LogP) is 2.40. The Morgan fingerprint density at radius 3 is 2.85 bits per heavy atom. The highest BCUT2D eigenvalue weighted by atomic mass is 16.2.